The van der Waals surface area contributed by atoms with E-state index in [1.165, 1.54) is 21.6 Å². The Hall–Kier alpha value is -3.25. The molecule has 0 aliphatic rings. The third kappa shape index (κ3) is 4.12. The molecule has 1 N–H and O–H groups in total. The minimum absolute atomic E-state index is 0.442. The van der Waals surface area contributed by atoms with Gasteiger partial charge in [0.2, 0.25) is 0 Å². The van der Waals surface area contributed by atoms with Gasteiger partial charge < -0.3 is 13.8 Å². The summed E-state index contributed by atoms with van der Waals surface area (Å²) in [4.78, 5) is 1.28. The molecule has 0 aliphatic heterocycles. The van der Waals surface area contributed by atoms with Gasteiger partial charge in [-0.25, -0.2) is 0 Å². The lowest BCUT2D eigenvalue weighted by Crippen LogP contribution is -3.06. The van der Waals surface area contributed by atoms with Gasteiger partial charge in [0.1, 0.15) is 23.6 Å². The van der Waals surface area contributed by atoms with Gasteiger partial charge >= 0.3 is 0 Å². The number of nitrogens with zero attached hydrogens (tertiary/aromatic N) is 3. The predicted molar refractivity (Wildman–Crippen MR) is 110 cm³/mol. The Bertz CT molecular complexity index is 1120. The lowest BCUT2D eigenvalue weighted by Gasteiger charge is -2.13. The number of benzene rings is 2. The fourth-order valence-electron chi connectivity index (χ4n) is 3.53. The van der Waals surface area contributed by atoms with Crippen LogP contribution in [-0.4, -0.2) is 22.4 Å². The quantitative estimate of drug-likeness (QED) is 0.546. The smallest absolute Gasteiger partial charge is 0.271 e. The van der Waals surface area contributed by atoms with E-state index >= 15 is 0 Å². The summed E-state index contributed by atoms with van der Waals surface area (Å²) in [5.41, 5.74) is 6.34. The van der Waals surface area contributed by atoms with Crippen molar-refractivity contribution in [2.24, 2.45) is 0 Å². The topological polar surface area (TPSA) is 69.4 Å². The molecule has 0 radical (unpaired) electrons. The van der Waals surface area contributed by atoms with Crippen molar-refractivity contribution in [3.05, 3.63) is 76.9 Å². The molecule has 2 aromatic carbocycles. The van der Waals surface area contributed by atoms with E-state index in [2.05, 4.69) is 54.4 Å². The molecule has 29 heavy (non-hydrogen) atoms. The summed E-state index contributed by atoms with van der Waals surface area (Å²) in [6.07, 6.45) is 0. The predicted octanol–water partition coefficient (Wildman–Crippen LogP) is 3.53. The van der Waals surface area contributed by atoms with E-state index in [9.17, 15) is 0 Å². The molecular formula is C23H25N4O2+. The van der Waals surface area contributed by atoms with Gasteiger partial charge in [-0.15, -0.1) is 10.2 Å². The zero-order valence-corrected chi connectivity index (χ0v) is 17.2. The standard InChI is InChI=1S/C23H24N4O2/c1-15-10-11-19(16(2)12-15)13-27(4)14-20-24-25-23(28-20)21-17(3)29-26-22(21)18-8-6-5-7-9-18/h5-12H,13-14H2,1-4H3/p+1. The maximum atomic E-state index is 5.99. The van der Waals surface area contributed by atoms with Crippen LogP contribution in [-0.2, 0) is 13.1 Å². The summed E-state index contributed by atoms with van der Waals surface area (Å²) in [6.45, 7) is 7.66. The van der Waals surface area contributed by atoms with Gasteiger partial charge in [0.25, 0.3) is 11.8 Å². The van der Waals surface area contributed by atoms with Gasteiger partial charge in [-0.1, -0.05) is 59.3 Å². The van der Waals surface area contributed by atoms with E-state index in [-0.39, 0.29) is 0 Å². The molecule has 0 saturated heterocycles. The van der Waals surface area contributed by atoms with Crippen LogP contribution in [0.15, 0.2) is 57.5 Å². The summed E-state index contributed by atoms with van der Waals surface area (Å²) in [5.74, 6) is 1.70. The molecule has 0 amide bonds. The summed E-state index contributed by atoms with van der Waals surface area (Å²) >= 11 is 0. The Labute approximate surface area is 170 Å². The van der Waals surface area contributed by atoms with Crippen LogP contribution in [0.25, 0.3) is 22.7 Å². The van der Waals surface area contributed by atoms with E-state index < -0.39 is 0 Å². The molecule has 2 heterocycles. The van der Waals surface area contributed by atoms with Crippen molar-refractivity contribution in [2.75, 3.05) is 7.05 Å². The largest absolute Gasteiger partial charge is 0.415 e. The average Bonchev–Trinajstić information content (AvgIpc) is 3.31. The van der Waals surface area contributed by atoms with Crippen molar-refractivity contribution in [3.8, 4) is 22.7 Å². The second-order valence-electron chi connectivity index (χ2n) is 7.57. The molecule has 6 heteroatoms. The van der Waals surface area contributed by atoms with Crippen molar-refractivity contribution in [1.29, 1.82) is 0 Å². The lowest BCUT2D eigenvalue weighted by atomic mass is 10.1. The summed E-state index contributed by atoms with van der Waals surface area (Å²) in [7, 11) is 2.13. The first-order valence-electron chi connectivity index (χ1n) is 9.73. The molecule has 0 fully saturated rings. The molecular weight excluding hydrogens is 364 g/mol. The Kier molecular flexibility index (Phi) is 5.27. The maximum absolute atomic E-state index is 5.99. The molecule has 4 aromatic rings. The third-order valence-electron chi connectivity index (χ3n) is 5.03. The average molecular weight is 389 g/mol. The van der Waals surface area contributed by atoms with Crippen LogP contribution < -0.4 is 4.90 Å². The molecule has 0 aliphatic carbocycles. The number of hydrogen-bond acceptors (Lipinski definition) is 5. The van der Waals surface area contributed by atoms with Crippen molar-refractivity contribution in [3.63, 3.8) is 0 Å². The van der Waals surface area contributed by atoms with E-state index in [0.717, 1.165) is 17.7 Å². The first kappa shape index (κ1) is 19.1. The molecule has 0 bridgehead atoms. The number of aryl methyl sites for hydroxylation is 3. The SMILES string of the molecule is Cc1ccc(C[NH+](C)Cc2nnc(-c3c(-c4ccccc4)noc3C)o2)c(C)c1. The molecule has 148 valence electrons. The highest BCUT2D eigenvalue weighted by Crippen LogP contribution is 2.33. The third-order valence-corrected chi connectivity index (χ3v) is 5.03. The van der Waals surface area contributed by atoms with E-state index in [0.29, 0.717) is 29.8 Å². The minimum Gasteiger partial charge on any atom is -0.415 e. The van der Waals surface area contributed by atoms with E-state index in [1.807, 2.05) is 37.3 Å². The van der Waals surface area contributed by atoms with Gasteiger partial charge in [0.15, 0.2) is 6.54 Å². The Morgan fingerprint density at radius 1 is 0.931 bits per heavy atom. The number of hydrogen-bond donors (Lipinski definition) is 1. The number of quaternary nitrogens is 1. The molecule has 0 spiro atoms. The zero-order valence-electron chi connectivity index (χ0n) is 17.2. The number of rotatable bonds is 6. The van der Waals surface area contributed by atoms with Gasteiger partial charge in [0, 0.05) is 11.1 Å². The lowest BCUT2D eigenvalue weighted by molar-refractivity contribution is -0.909. The van der Waals surface area contributed by atoms with Crippen molar-refractivity contribution in [2.45, 2.75) is 33.9 Å². The molecule has 6 nitrogen and oxygen atoms in total. The van der Waals surface area contributed by atoms with Crippen LogP contribution in [0, 0.1) is 20.8 Å². The molecule has 0 saturated carbocycles. The fourth-order valence-corrected chi connectivity index (χ4v) is 3.53. The van der Waals surface area contributed by atoms with Crippen LogP contribution in [0.3, 0.4) is 0 Å². The number of aromatic nitrogens is 3. The van der Waals surface area contributed by atoms with E-state index in [1.54, 1.807) is 0 Å². The first-order valence-corrected chi connectivity index (χ1v) is 9.73. The Morgan fingerprint density at radius 2 is 1.72 bits per heavy atom. The Balaban J connectivity index is 1.53. The molecule has 1 unspecified atom stereocenters. The molecule has 4 rings (SSSR count). The van der Waals surface area contributed by atoms with Crippen LogP contribution >= 0.6 is 0 Å². The van der Waals surface area contributed by atoms with Gasteiger partial charge in [-0.05, 0) is 26.3 Å². The number of nitrogens with one attached hydrogen (secondary N) is 1. The highest BCUT2D eigenvalue weighted by molar-refractivity contribution is 5.77. The van der Waals surface area contributed by atoms with Crippen molar-refractivity contribution in [1.82, 2.24) is 15.4 Å². The second kappa shape index (κ2) is 8.01. The normalized spacial score (nSPS) is 12.3. The van der Waals surface area contributed by atoms with Crippen molar-refractivity contribution >= 4 is 0 Å². The molecule has 1 atom stereocenters. The van der Waals surface area contributed by atoms with Crippen LogP contribution in [0.1, 0.15) is 28.3 Å². The highest BCUT2D eigenvalue weighted by Gasteiger charge is 2.22. The van der Waals surface area contributed by atoms with Crippen molar-refractivity contribution < 1.29 is 13.8 Å². The summed E-state index contributed by atoms with van der Waals surface area (Å²) in [5, 5.41) is 12.7. The highest BCUT2D eigenvalue weighted by atomic mass is 16.5. The van der Waals surface area contributed by atoms with Crippen LogP contribution in [0.2, 0.25) is 0 Å². The van der Waals surface area contributed by atoms with Crippen LogP contribution in [0.5, 0.6) is 0 Å². The minimum atomic E-state index is 0.442. The van der Waals surface area contributed by atoms with Gasteiger partial charge in [0.05, 0.1) is 7.05 Å². The monoisotopic (exact) mass is 389 g/mol. The summed E-state index contributed by atoms with van der Waals surface area (Å²) < 4.78 is 11.4. The first-order chi connectivity index (χ1) is 14.0. The van der Waals surface area contributed by atoms with Gasteiger partial charge in [-0.2, -0.15) is 0 Å². The summed E-state index contributed by atoms with van der Waals surface area (Å²) in [6, 6.07) is 16.4. The Morgan fingerprint density at radius 3 is 2.48 bits per heavy atom. The maximum Gasteiger partial charge on any atom is 0.271 e. The second-order valence-corrected chi connectivity index (χ2v) is 7.57. The van der Waals surface area contributed by atoms with E-state index in [4.69, 9.17) is 8.94 Å². The van der Waals surface area contributed by atoms with Crippen LogP contribution in [0.4, 0.5) is 0 Å². The fraction of sp³-hybridized carbons (Fsp3) is 0.261. The zero-order chi connectivity index (χ0) is 20.4. The van der Waals surface area contributed by atoms with Gasteiger partial charge in [-0.3, -0.25) is 0 Å². The molecule has 2 aromatic heterocycles.